The smallest absolute Gasteiger partial charge is 0.138 e. The Balaban J connectivity index is 2.45. The second-order valence-electron chi connectivity index (χ2n) is 5.71. The molecule has 0 aromatic heterocycles. The van der Waals surface area contributed by atoms with E-state index in [2.05, 4.69) is 19.2 Å². The van der Waals surface area contributed by atoms with Crippen LogP contribution in [0, 0.1) is 0 Å². The van der Waals surface area contributed by atoms with E-state index in [0.29, 0.717) is 11.1 Å². The number of benzene rings is 1. The summed E-state index contributed by atoms with van der Waals surface area (Å²) in [6, 6.07) is 6.39. The van der Waals surface area contributed by atoms with Gasteiger partial charge < -0.3 is 10.1 Å². The predicted octanol–water partition coefficient (Wildman–Crippen LogP) is 5.90. The first-order valence-electron chi connectivity index (χ1n) is 7.75. The summed E-state index contributed by atoms with van der Waals surface area (Å²) in [6.45, 7) is 8.46. The van der Waals surface area contributed by atoms with Crippen molar-refractivity contribution < 1.29 is 4.74 Å². The second kappa shape index (κ2) is 9.12. The van der Waals surface area contributed by atoms with E-state index in [1.807, 2.05) is 32.0 Å². The minimum Gasteiger partial charge on any atom is -0.489 e. The van der Waals surface area contributed by atoms with E-state index in [9.17, 15) is 0 Å². The van der Waals surface area contributed by atoms with Crippen LogP contribution < -0.4 is 10.1 Å². The first-order chi connectivity index (χ1) is 9.52. The van der Waals surface area contributed by atoms with Gasteiger partial charge in [-0.2, -0.15) is 0 Å². The van der Waals surface area contributed by atoms with Crippen LogP contribution in [0.3, 0.4) is 0 Å². The van der Waals surface area contributed by atoms with Gasteiger partial charge in [-0.3, -0.25) is 0 Å². The fraction of sp³-hybridized carbons (Fsp3) is 0.647. The Morgan fingerprint density at radius 3 is 2.50 bits per heavy atom. The van der Waals surface area contributed by atoms with Crippen molar-refractivity contribution in [1.82, 2.24) is 0 Å². The molecular formula is C17H28ClNO. The summed E-state index contributed by atoms with van der Waals surface area (Å²) < 4.78 is 5.64. The number of nitrogens with one attached hydrogen (secondary N) is 1. The molecule has 0 aliphatic heterocycles. The van der Waals surface area contributed by atoms with Gasteiger partial charge >= 0.3 is 0 Å². The number of hydrogen-bond donors (Lipinski definition) is 1. The third kappa shape index (κ3) is 6.51. The lowest BCUT2D eigenvalue weighted by Gasteiger charge is -2.17. The topological polar surface area (TPSA) is 21.3 Å². The van der Waals surface area contributed by atoms with Crippen LogP contribution in [0.2, 0.25) is 5.02 Å². The fourth-order valence-electron chi connectivity index (χ4n) is 2.17. The average Bonchev–Trinajstić information content (AvgIpc) is 2.37. The summed E-state index contributed by atoms with van der Waals surface area (Å²) in [7, 11) is 0. The lowest BCUT2D eigenvalue weighted by atomic mass is 10.1. The molecule has 114 valence electrons. The largest absolute Gasteiger partial charge is 0.489 e. The Kier molecular flexibility index (Phi) is 7.83. The van der Waals surface area contributed by atoms with Crippen molar-refractivity contribution in [1.29, 1.82) is 0 Å². The molecule has 0 fully saturated rings. The molecule has 3 heteroatoms. The van der Waals surface area contributed by atoms with Crippen LogP contribution in [0.4, 0.5) is 5.69 Å². The van der Waals surface area contributed by atoms with Crippen LogP contribution in [-0.4, -0.2) is 12.1 Å². The van der Waals surface area contributed by atoms with Gasteiger partial charge in [0.15, 0.2) is 0 Å². The molecular weight excluding hydrogens is 270 g/mol. The number of unbranched alkanes of at least 4 members (excludes halogenated alkanes) is 3. The summed E-state index contributed by atoms with van der Waals surface area (Å²) in [4.78, 5) is 0. The van der Waals surface area contributed by atoms with Crippen molar-refractivity contribution >= 4 is 17.3 Å². The van der Waals surface area contributed by atoms with Gasteiger partial charge in [0.05, 0.1) is 11.1 Å². The molecule has 1 aromatic rings. The van der Waals surface area contributed by atoms with Crippen molar-refractivity contribution in [2.24, 2.45) is 0 Å². The SMILES string of the molecule is CCCCCCC(C)Nc1ccc(OC(C)C)c(Cl)c1. The monoisotopic (exact) mass is 297 g/mol. The maximum Gasteiger partial charge on any atom is 0.138 e. The lowest BCUT2D eigenvalue weighted by molar-refractivity contribution is 0.242. The molecule has 0 radical (unpaired) electrons. The highest BCUT2D eigenvalue weighted by atomic mass is 35.5. The normalized spacial score (nSPS) is 12.5. The maximum absolute atomic E-state index is 6.24. The molecule has 0 saturated carbocycles. The standard InChI is InChI=1S/C17H28ClNO/c1-5-6-7-8-9-14(4)19-15-10-11-17(16(18)12-15)20-13(2)3/h10-14,19H,5-9H2,1-4H3. The summed E-state index contributed by atoms with van der Waals surface area (Å²) in [5, 5.41) is 4.17. The van der Waals surface area contributed by atoms with E-state index in [1.54, 1.807) is 0 Å². The molecule has 0 heterocycles. The number of halogens is 1. The Morgan fingerprint density at radius 1 is 1.15 bits per heavy atom. The van der Waals surface area contributed by atoms with Crippen LogP contribution in [0.5, 0.6) is 5.75 Å². The zero-order valence-corrected chi connectivity index (χ0v) is 14.0. The van der Waals surface area contributed by atoms with Crippen molar-refractivity contribution in [3.05, 3.63) is 23.2 Å². The van der Waals surface area contributed by atoms with E-state index >= 15 is 0 Å². The van der Waals surface area contributed by atoms with E-state index < -0.39 is 0 Å². The van der Waals surface area contributed by atoms with Crippen molar-refractivity contribution in [3.8, 4) is 5.75 Å². The van der Waals surface area contributed by atoms with Crippen LogP contribution in [0.15, 0.2) is 18.2 Å². The van der Waals surface area contributed by atoms with Gasteiger partial charge in [0.2, 0.25) is 0 Å². The fourth-order valence-corrected chi connectivity index (χ4v) is 2.40. The molecule has 2 nitrogen and oxygen atoms in total. The first kappa shape index (κ1) is 17.2. The summed E-state index contributed by atoms with van der Waals surface area (Å²) in [5.41, 5.74) is 1.06. The zero-order valence-electron chi connectivity index (χ0n) is 13.2. The van der Waals surface area contributed by atoms with Crippen LogP contribution >= 0.6 is 11.6 Å². The third-order valence-electron chi connectivity index (χ3n) is 3.20. The molecule has 1 atom stereocenters. The van der Waals surface area contributed by atoms with Gasteiger partial charge in [-0.1, -0.05) is 44.2 Å². The Bertz CT molecular complexity index is 393. The molecule has 1 N–H and O–H groups in total. The van der Waals surface area contributed by atoms with Crippen LogP contribution in [0.25, 0.3) is 0 Å². The molecule has 1 rings (SSSR count). The van der Waals surface area contributed by atoms with Crippen LogP contribution in [-0.2, 0) is 0 Å². The highest BCUT2D eigenvalue weighted by molar-refractivity contribution is 6.32. The average molecular weight is 298 g/mol. The quantitative estimate of drug-likeness (QED) is 0.573. The van der Waals surface area contributed by atoms with E-state index in [1.165, 1.54) is 32.1 Å². The van der Waals surface area contributed by atoms with Gasteiger partial charge in [-0.15, -0.1) is 0 Å². The highest BCUT2D eigenvalue weighted by Gasteiger charge is 2.07. The molecule has 0 amide bonds. The zero-order chi connectivity index (χ0) is 15.0. The Labute approximate surface area is 128 Å². The maximum atomic E-state index is 6.24. The van der Waals surface area contributed by atoms with Crippen molar-refractivity contribution in [2.45, 2.75) is 71.9 Å². The molecule has 1 aromatic carbocycles. The van der Waals surface area contributed by atoms with Crippen LogP contribution in [0.1, 0.15) is 59.8 Å². The minimum absolute atomic E-state index is 0.142. The third-order valence-corrected chi connectivity index (χ3v) is 3.49. The molecule has 0 aliphatic carbocycles. The molecule has 0 spiro atoms. The van der Waals surface area contributed by atoms with Crippen molar-refractivity contribution in [2.75, 3.05) is 5.32 Å². The minimum atomic E-state index is 0.142. The lowest BCUT2D eigenvalue weighted by Crippen LogP contribution is -2.15. The first-order valence-corrected chi connectivity index (χ1v) is 8.13. The molecule has 0 aliphatic rings. The molecule has 0 saturated heterocycles. The van der Waals surface area contributed by atoms with Gasteiger partial charge in [-0.05, 0) is 45.4 Å². The molecule has 20 heavy (non-hydrogen) atoms. The van der Waals surface area contributed by atoms with Gasteiger partial charge in [0, 0.05) is 11.7 Å². The van der Waals surface area contributed by atoms with Gasteiger partial charge in [-0.25, -0.2) is 0 Å². The summed E-state index contributed by atoms with van der Waals surface area (Å²) >= 11 is 6.24. The number of hydrogen-bond acceptors (Lipinski definition) is 2. The van der Waals surface area contributed by atoms with Crippen molar-refractivity contribution in [3.63, 3.8) is 0 Å². The van der Waals surface area contributed by atoms with E-state index in [-0.39, 0.29) is 6.10 Å². The summed E-state index contributed by atoms with van der Waals surface area (Å²) in [6.07, 6.45) is 6.56. The Morgan fingerprint density at radius 2 is 1.90 bits per heavy atom. The molecule has 0 bridgehead atoms. The number of rotatable bonds is 9. The Hall–Kier alpha value is -0.890. The molecule has 1 unspecified atom stereocenters. The van der Waals surface area contributed by atoms with Gasteiger partial charge in [0.1, 0.15) is 5.75 Å². The summed E-state index contributed by atoms with van der Waals surface area (Å²) in [5.74, 6) is 0.753. The second-order valence-corrected chi connectivity index (χ2v) is 6.11. The van der Waals surface area contributed by atoms with E-state index in [4.69, 9.17) is 16.3 Å². The number of anilines is 1. The predicted molar refractivity (Wildman–Crippen MR) is 89.1 cm³/mol. The van der Waals surface area contributed by atoms with Gasteiger partial charge in [0.25, 0.3) is 0 Å². The van der Waals surface area contributed by atoms with E-state index in [0.717, 1.165) is 11.4 Å². The number of ether oxygens (including phenoxy) is 1. The highest BCUT2D eigenvalue weighted by Crippen LogP contribution is 2.29.